The number of hydrogen-bond donors (Lipinski definition) is 2. The molecule has 0 aliphatic heterocycles. The predicted molar refractivity (Wildman–Crippen MR) is 57.3 cm³/mol. The summed E-state index contributed by atoms with van der Waals surface area (Å²) in [6.45, 7) is 0.464. The molecule has 0 amide bonds. The maximum absolute atomic E-state index is 10.4. The summed E-state index contributed by atoms with van der Waals surface area (Å²) in [6, 6.07) is 4.38. The predicted octanol–water partition coefficient (Wildman–Crippen LogP) is -0.930. The van der Waals surface area contributed by atoms with Crippen molar-refractivity contribution in [3.63, 3.8) is 0 Å². The number of non-ortho nitro benzene ring substituents is 1. The van der Waals surface area contributed by atoms with E-state index in [-0.39, 0.29) is 57.1 Å². The van der Waals surface area contributed by atoms with E-state index >= 15 is 0 Å². The summed E-state index contributed by atoms with van der Waals surface area (Å²) in [7, 11) is 1.77. The SMILES string of the molecule is CNC[N-]c1ccc([N+](=O)[O-])cc1S.[K+]. The van der Waals surface area contributed by atoms with Crippen LogP contribution in [0.1, 0.15) is 0 Å². The molecule has 76 valence electrons. The maximum atomic E-state index is 10.4. The Morgan fingerprint density at radius 1 is 1.60 bits per heavy atom. The minimum atomic E-state index is -0.457. The van der Waals surface area contributed by atoms with Gasteiger partial charge in [0.25, 0.3) is 5.69 Å². The van der Waals surface area contributed by atoms with Crippen molar-refractivity contribution >= 4 is 24.0 Å². The van der Waals surface area contributed by atoms with Crippen molar-refractivity contribution in [1.82, 2.24) is 5.32 Å². The molecular formula is C8H10KN3O2S. The molecule has 1 aromatic carbocycles. The standard InChI is InChI=1S/C8H10N3O2S.K/c1-9-5-10-7-3-2-6(11(12)13)4-8(7)14;/h2-4,9,14H,5H2,1H3;/q-1;+1. The van der Waals surface area contributed by atoms with Crippen molar-refractivity contribution < 1.29 is 56.3 Å². The molecule has 0 bridgehead atoms. The molecule has 0 aliphatic rings. The summed E-state index contributed by atoms with van der Waals surface area (Å²) in [5.74, 6) is 0. The van der Waals surface area contributed by atoms with Gasteiger partial charge >= 0.3 is 51.4 Å². The Morgan fingerprint density at radius 2 is 2.27 bits per heavy atom. The van der Waals surface area contributed by atoms with E-state index in [0.29, 0.717) is 17.3 Å². The van der Waals surface area contributed by atoms with Crippen molar-refractivity contribution in [2.45, 2.75) is 4.90 Å². The fraction of sp³-hybridized carbons (Fsp3) is 0.250. The van der Waals surface area contributed by atoms with Gasteiger partial charge in [-0.3, -0.25) is 10.1 Å². The molecule has 0 spiro atoms. The molecule has 1 aromatic rings. The van der Waals surface area contributed by atoms with Crippen LogP contribution in [0.15, 0.2) is 23.1 Å². The van der Waals surface area contributed by atoms with Gasteiger partial charge in [0.05, 0.1) is 4.92 Å². The number of rotatable bonds is 4. The first kappa shape index (κ1) is 15.4. The van der Waals surface area contributed by atoms with Gasteiger partial charge in [-0.25, -0.2) is 0 Å². The molecule has 1 rings (SSSR count). The van der Waals surface area contributed by atoms with Gasteiger partial charge in [0.15, 0.2) is 0 Å². The van der Waals surface area contributed by atoms with Gasteiger partial charge in [0.2, 0.25) is 0 Å². The molecule has 15 heavy (non-hydrogen) atoms. The van der Waals surface area contributed by atoms with Crippen LogP contribution in [0.2, 0.25) is 0 Å². The second kappa shape index (κ2) is 7.61. The Hall–Kier alpha value is 0.366. The summed E-state index contributed by atoms with van der Waals surface area (Å²) in [5.41, 5.74) is 0.673. The van der Waals surface area contributed by atoms with Crippen molar-refractivity contribution in [2.24, 2.45) is 0 Å². The van der Waals surface area contributed by atoms with Gasteiger partial charge in [-0.2, -0.15) is 0 Å². The van der Waals surface area contributed by atoms with Gasteiger partial charge in [-0.1, -0.05) is 12.7 Å². The van der Waals surface area contributed by atoms with E-state index < -0.39 is 4.92 Å². The van der Waals surface area contributed by atoms with Crippen LogP contribution in [0.4, 0.5) is 11.4 Å². The average Bonchev–Trinajstić information content (AvgIpc) is 2.15. The van der Waals surface area contributed by atoms with Crippen molar-refractivity contribution in [2.75, 3.05) is 13.7 Å². The fourth-order valence-corrected chi connectivity index (χ4v) is 1.20. The van der Waals surface area contributed by atoms with Crippen LogP contribution in [0.25, 0.3) is 5.32 Å². The molecule has 1 N–H and O–H groups in total. The Morgan fingerprint density at radius 3 is 2.73 bits per heavy atom. The van der Waals surface area contributed by atoms with E-state index in [1.54, 1.807) is 13.1 Å². The molecule has 0 fully saturated rings. The smallest absolute Gasteiger partial charge is 0.672 e. The van der Waals surface area contributed by atoms with Gasteiger partial charge in [0, 0.05) is 12.1 Å². The van der Waals surface area contributed by atoms with E-state index in [1.807, 2.05) is 0 Å². The summed E-state index contributed by atoms with van der Waals surface area (Å²) < 4.78 is 0. The van der Waals surface area contributed by atoms with Gasteiger partial charge in [-0.15, -0.1) is 18.3 Å². The third-order valence-corrected chi connectivity index (χ3v) is 1.94. The summed E-state index contributed by atoms with van der Waals surface area (Å²) >= 11 is 4.11. The van der Waals surface area contributed by atoms with Crippen LogP contribution < -0.4 is 56.7 Å². The zero-order valence-electron chi connectivity index (χ0n) is 8.60. The molecule has 0 atom stereocenters. The number of benzene rings is 1. The topological polar surface area (TPSA) is 69.3 Å². The Kier molecular flexibility index (Phi) is 7.79. The van der Waals surface area contributed by atoms with Crippen LogP contribution in [-0.2, 0) is 0 Å². The molecular weight excluding hydrogens is 241 g/mol. The Labute approximate surface area is 136 Å². The molecule has 0 unspecified atom stereocenters. The van der Waals surface area contributed by atoms with E-state index in [0.717, 1.165) is 0 Å². The van der Waals surface area contributed by atoms with Crippen LogP contribution in [0.3, 0.4) is 0 Å². The largest absolute Gasteiger partial charge is 1.00 e. The van der Waals surface area contributed by atoms with Crippen LogP contribution in [-0.4, -0.2) is 18.6 Å². The van der Waals surface area contributed by atoms with Crippen molar-refractivity contribution in [3.05, 3.63) is 33.6 Å². The number of thiol groups is 1. The van der Waals surface area contributed by atoms with Crippen molar-refractivity contribution in [1.29, 1.82) is 0 Å². The van der Waals surface area contributed by atoms with E-state index in [2.05, 4.69) is 23.3 Å². The van der Waals surface area contributed by atoms with Crippen LogP contribution >= 0.6 is 12.6 Å². The molecule has 5 nitrogen and oxygen atoms in total. The van der Waals surface area contributed by atoms with E-state index in [4.69, 9.17) is 0 Å². The summed E-state index contributed by atoms with van der Waals surface area (Å²) in [6.07, 6.45) is 0. The second-order valence-corrected chi connectivity index (χ2v) is 3.08. The summed E-state index contributed by atoms with van der Waals surface area (Å²) in [5, 5.41) is 17.4. The second-order valence-electron chi connectivity index (χ2n) is 2.60. The minimum absolute atomic E-state index is 0. The van der Waals surface area contributed by atoms with Gasteiger partial charge < -0.3 is 10.6 Å². The first-order chi connectivity index (χ1) is 6.65. The maximum Gasteiger partial charge on any atom is 1.00 e. The third-order valence-electron chi connectivity index (χ3n) is 1.58. The third kappa shape index (κ3) is 4.81. The first-order valence-corrected chi connectivity index (χ1v) is 4.39. The van der Waals surface area contributed by atoms with Gasteiger partial charge in [-0.05, 0) is 11.9 Å². The number of nitrogens with one attached hydrogen (secondary N) is 1. The first-order valence-electron chi connectivity index (χ1n) is 3.94. The number of nitro benzene ring substituents is 1. The molecule has 0 saturated carbocycles. The van der Waals surface area contributed by atoms with Crippen LogP contribution in [0, 0.1) is 10.1 Å². The van der Waals surface area contributed by atoms with Crippen LogP contribution in [0.5, 0.6) is 0 Å². The Bertz CT molecular complexity index is 349. The summed E-state index contributed by atoms with van der Waals surface area (Å²) in [4.78, 5) is 10.5. The number of hydrogen-bond acceptors (Lipinski definition) is 4. The quantitative estimate of drug-likeness (QED) is 0.314. The molecule has 0 radical (unpaired) electrons. The monoisotopic (exact) mass is 251 g/mol. The molecule has 0 aromatic heterocycles. The van der Waals surface area contributed by atoms with Gasteiger partial charge in [0.1, 0.15) is 0 Å². The zero-order chi connectivity index (χ0) is 10.6. The number of nitro groups is 1. The zero-order valence-corrected chi connectivity index (χ0v) is 12.6. The fourth-order valence-electron chi connectivity index (χ4n) is 0.923. The molecule has 0 heterocycles. The molecule has 0 aliphatic carbocycles. The molecule has 0 saturated heterocycles. The van der Waals surface area contributed by atoms with E-state index in [1.165, 1.54) is 12.1 Å². The Balaban J connectivity index is 0.00000196. The van der Waals surface area contributed by atoms with Crippen molar-refractivity contribution in [3.8, 4) is 0 Å². The number of nitrogens with zero attached hydrogens (tertiary/aromatic N) is 2. The normalized spacial score (nSPS) is 9.20. The minimum Gasteiger partial charge on any atom is -0.672 e. The average molecular weight is 251 g/mol. The van der Waals surface area contributed by atoms with E-state index in [9.17, 15) is 10.1 Å². The molecule has 7 heteroatoms.